The largest absolute Gasteiger partial charge is 0.458 e. The van der Waals surface area contributed by atoms with Crippen LogP contribution in [0.5, 0.6) is 23.0 Å². The first-order valence-electron chi connectivity index (χ1n) is 35.2. The van der Waals surface area contributed by atoms with Crippen molar-refractivity contribution in [1.29, 1.82) is 0 Å². The van der Waals surface area contributed by atoms with Crippen LogP contribution < -0.4 is 52.1 Å². The summed E-state index contributed by atoms with van der Waals surface area (Å²) in [6, 6.07) is 94.3. The number of benzene rings is 12. The average Bonchev–Trinajstić information content (AvgIpc) is 0.690. The molecule has 6 heteroatoms. The van der Waals surface area contributed by atoms with Crippen molar-refractivity contribution in [3.63, 3.8) is 0 Å². The van der Waals surface area contributed by atoms with Crippen LogP contribution in [-0.4, -0.2) is 13.4 Å². The molecule has 0 bridgehead atoms. The third kappa shape index (κ3) is 10.8. The van der Waals surface area contributed by atoms with Gasteiger partial charge in [-0.3, -0.25) is 0 Å². The van der Waals surface area contributed by atoms with Gasteiger partial charge in [0.25, 0.3) is 13.4 Å². The van der Waals surface area contributed by atoms with Crippen molar-refractivity contribution < 1.29 is 9.47 Å². The highest BCUT2D eigenvalue weighted by Gasteiger charge is 2.49. The Labute approximate surface area is 582 Å². The highest BCUT2D eigenvalue weighted by atomic mass is 16.5. The molecular weight excluding hydrogens is 1190 g/mol. The van der Waals surface area contributed by atoms with E-state index in [4.69, 9.17) is 9.47 Å². The van der Waals surface area contributed by atoms with Crippen LogP contribution in [-0.2, 0) is 27.1 Å². The molecule has 0 saturated carbocycles. The maximum absolute atomic E-state index is 7.63. The van der Waals surface area contributed by atoms with Crippen LogP contribution >= 0.6 is 0 Å². The maximum Gasteiger partial charge on any atom is 0.256 e. The van der Waals surface area contributed by atoms with Crippen molar-refractivity contribution in [3.05, 3.63) is 277 Å². The molecule has 0 radical (unpaired) electrons. The van der Waals surface area contributed by atoms with Gasteiger partial charge < -0.3 is 19.3 Å². The van der Waals surface area contributed by atoms with Crippen molar-refractivity contribution in [1.82, 2.24) is 0 Å². The Balaban J connectivity index is 1.07. The molecule has 0 unspecified atom stereocenters. The highest BCUT2D eigenvalue weighted by Crippen LogP contribution is 2.54. The van der Waals surface area contributed by atoms with Gasteiger partial charge in [0.05, 0.1) is 5.69 Å². The maximum atomic E-state index is 7.63. The third-order valence-corrected chi connectivity index (χ3v) is 21.1. The van der Waals surface area contributed by atoms with E-state index in [9.17, 15) is 0 Å². The summed E-state index contributed by atoms with van der Waals surface area (Å²) in [5.74, 6) is 3.49. The summed E-state index contributed by atoms with van der Waals surface area (Å²) in [6.07, 6.45) is 0. The van der Waals surface area contributed by atoms with Gasteiger partial charge in [-0.2, -0.15) is 0 Å². The molecule has 4 heterocycles. The van der Waals surface area contributed by atoms with Crippen LogP contribution in [0.4, 0.5) is 34.1 Å². The molecule has 4 aliphatic rings. The van der Waals surface area contributed by atoms with Crippen molar-refractivity contribution in [2.45, 2.75) is 131 Å². The molecule has 12 aromatic carbocycles. The predicted molar refractivity (Wildman–Crippen MR) is 419 cm³/mol. The molecule has 482 valence electrons. The van der Waals surface area contributed by atoms with Crippen LogP contribution in [0, 0.1) is 0 Å². The van der Waals surface area contributed by atoms with Crippen LogP contribution in [0.2, 0.25) is 0 Å². The van der Waals surface area contributed by atoms with Crippen molar-refractivity contribution in [2.75, 3.05) is 9.80 Å². The third-order valence-electron chi connectivity index (χ3n) is 21.1. The second-order valence-electron chi connectivity index (χ2n) is 33.0. The fourth-order valence-electron chi connectivity index (χ4n) is 15.5. The molecule has 0 aliphatic carbocycles. The number of rotatable bonds is 7. The van der Waals surface area contributed by atoms with E-state index in [0.717, 1.165) is 129 Å². The average molecular weight is 1270 g/mol. The van der Waals surface area contributed by atoms with Crippen LogP contribution in [0.15, 0.2) is 249 Å². The van der Waals surface area contributed by atoms with Gasteiger partial charge in [-0.05, 0) is 199 Å². The van der Waals surface area contributed by atoms with Crippen molar-refractivity contribution >= 4 is 80.3 Å². The molecule has 4 nitrogen and oxygen atoms in total. The van der Waals surface area contributed by atoms with E-state index in [0.29, 0.717) is 0 Å². The number of nitrogens with zero attached hydrogens (tertiary/aromatic N) is 2. The molecule has 4 aliphatic heterocycles. The Morgan fingerprint density at radius 1 is 0.245 bits per heavy atom. The number of fused-ring (bicyclic) bond motifs is 8. The smallest absolute Gasteiger partial charge is 0.256 e. The Morgan fingerprint density at radius 2 is 0.622 bits per heavy atom. The Bertz CT molecular complexity index is 5060. The molecular formula is C92H86B2N2O2. The first-order chi connectivity index (χ1) is 46.7. The number of anilines is 6. The summed E-state index contributed by atoms with van der Waals surface area (Å²) in [5, 5.41) is 0. The lowest BCUT2D eigenvalue weighted by Crippen LogP contribution is -2.64. The molecule has 16 rings (SSSR count). The lowest BCUT2D eigenvalue weighted by Gasteiger charge is -2.45. The van der Waals surface area contributed by atoms with E-state index < -0.39 is 0 Å². The molecule has 12 aromatic rings. The van der Waals surface area contributed by atoms with Crippen LogP contribution in [0.3, 0.4) is 0 Å². The topological polar surface area (TPSA) is 24.9 Å². The van der Waals surface area contributed by atoms with Gasteiger partial charge in [0, 0.05) is 39.6 Å². The first-order valence-corrected chi connectivity index (χ1v) is 35.2. The first kappa shape index (κ1) is 62.8. The van der Waals surface area contributed by atoms with E-state index in [1.54, 1.807) is 0 Å². The standard InChI is InChI=1S/C92H86B2N2O2/c1-88(2,3)65-38-40-70(41-39-65)95-77-56-78-76(55-75(77)93-73-42-36-61(57-28-20-16-21-29-57)47-81(73)97-83-49-64(46-79(95)85(83)93)63-44-66(89(4,5)6)50-67(45-63)90(7,8)9)94-74-43-37-62(58-30-22-17-23-31-58)48-82(74)98-84-54-69(92(13,14)15)53-80(86(84)94)96(78)87-71(59-32-24-18-25-33-59)51-68(91(10,11)12)52-72(87)60-34-26-19-27-35-60/h16-56H,1-15H3. The molecule has 0 fully saturated rings. The van der Waals surface area contributed by atoms with E-state index in [2.05, 4.69) is 362 Å². The second kappa shape index (κ2) is 22.8. The van der Waals surface area contributed by atoms with E-state index in [1.807, 2.05) is 0 Å². The summed E-state index contributed by atoms with van der Waals surface area (Å²) < 4.78 is 15.2. The van der Waals surface area contributed by atoms with Gasteiger partial charge in [-0.15, -0.1) is 0 Å². The Morgan fingerprint density at radius 3 is 1.07 bits per heavy atom. The van der Waals surface area contributed by atoms with Gasteiger partial charge in [-0.25, -0.2) is 0 Å². The molecule has 98 heavy (non-hydrogen) atoms. The summed E-state index contributed by atoms with van der Waals surface area (Å²) in [7, 11) is 0. The summed E-state index contributed by atoms with van der Waals surface area (Å²) in [6.45, 7) is 34.5. The molecule has 0 atom stereocenters. The van der Waals surface area contributed by atoms with Gasteiger partial charge in [0.15, 0.2) is 0 Å². The minimum atomic E-state index is -0.259. The summed E-state index contributed by atoms with van der Waals surface area (Å²) in [5.41, 5.74) is 30.7. The second-order valence-corrected chi connectivity index (χ2v) is 33.0. The van der Waals surface area contributed by atoms with Gasteiger partial charge in [-0.1, -0.05) is 286 Å². The fourth-order valence-corrected chi connectivity index (χ4v) is 15.5. The lowest BCUT2D eigenvalue weighted by atomic mass is 9.30. The van der Waals surface area contributed by atoms with Crippen LogP contribution in [0.1, 0.15) is 132 Å². The minimum Gasteiger partial charge on any atom is -0.458 e. The minimum absolute atomic E-state index is 0.0729. The normalized spacial score (nSPS) is 13.7. The number of ether oxygens (including phenoxy) is 2. The van der Waals surface area contributed by atoms with Crippen molar-refractivity contribution in [3.8, 4) is 78.6 Å². The zero-order valence-electron chi connectivity index (χ0n) is 59.5. The number of hydrogen-bond donors (Lipinski definition) is 0. The summed E-state index contributed by atoms with van der Waals surface area (Å²) in [4.78, 5) is 5.28. The lowest BCUT2D eigenvalue weighted by molar-refractivity contribution is 0.483. The van der Waals surface area contributed by atoms with E-state index in [-0.39, 0.29) is 40.5 Å². The molecule has 0 aromatic heterocycles. The van der Waals surface area contributed by atoms with E-state index >= 15 is 0 Å². The highest BCUT2D eigenvalue weighted by molar-refractivity contribution is 7.02. The Hall–Kier alpha value is -10.0. The van der Waals surface area contributed by atoms with Gasteiger partial charge in [0.1, 0.15) is 23.0 Å². The SMILES string of the molecule is CC(C)(C)c1ccc(N2c3cc4c(cc3B3c5ccc(-c6ccccc6)cc5Oc5cc(-c6cc(C(C)(C)C)cc(C(C)(C)C)c6)cc2c53)B2c3ccc(-c5ccccc5)cc3Oc3cc(C(C)(C)C)cc(c32)N4c2c(-c3ccccc3)cc(C(C)(C)C)cc2-c2ccccc2)cc1. The number of hydrogen-bond acceptors (Lipinski definition) is 4. The molecule has 0 spiro atoms. The monoisotopic (exact) mass is 1270 g/mol. The molecule has 0 amide bonds. The Kier molecular flexibility index (Phi) is 14.6. The zero-order chi connectivity index (χ0) is 68.1. The zero-order valence-corrected chi connectivity index (χ0v) is 59.5. The predicted octanol–water partition coefficient (Wildman–Crippen LogP) is 21.3. The summed E-state index contributed by atoms with van der Waals surface area (Å²) >= 11 is 0. The molecule has 0 saturated heterocycles. The van der Waals surface area contributed by atoms with Gasteiger partial charge >= 0.3 is 0 Å². The van der Waals surface area contributed by atoms with Gasteiger partial charge in [0.2, 0.25) is 0 Å². The van der Waals surface area contributed by atoms with E-state index in [1.165, 1.54) is 44.3 Å². The fraction of sp³-hybridized carbons (Fsp3) is 0.217. The quantitative estimate of drug-likeness (QED) is 0.149. The molecule has 0 N–H and O–H groups in total. The van der Waals surface area contributed by atoms with Crippen LogP contribution in [0.25, 0.3) is 55.6 Å². The van der Waals surface area contributed by atoms with Crippen molar-refractivity contribution in [2.24, 2.45) is 0 Å².